The normalized spacial score (nSPS) is 18.8. The zero-order chi connectivity index (χ0) is 19.8. The van der Waals surface area contributed by atoms with Gasteiger partial charge in [0, 0.05) is 10.9 Å². The molecule has 0 amide bonds. The third kappa shape index (κ3) is 3.65. The van der Waals surface area contributed by atoms with Gasteiger partial charge in [0.25, 0.3) is 5.56 Å². The Morgan fingerprint density at radius 2 is 2.07 bits per heavy atom. The molecule has 1 aliphatic rings. The van der Waals surface area contributed by atoms with E-state index >= 15 is 0 Å². The van der Waals surface area contributed by atoms with E-state index in [0.29, 0.717) is 5.92 Å². The van der Waals surface area contributed by atoms with Crippen LogP contribution >= 0.6 is 11.3 Å². The largest absolute Gasteiger partial charge is 0.309 e. The lowest BCUT2D eigenvalue weighted by atomic mass is 9.89. The van der Waals surface area contributed by atoms with Crippen LogP contribution in [0.5, 0.6) is 0 Å². The number of rotatable bonds is 5. The van der Waals surface area contributed by atoms with Gasteiger partial charge in [0.1, 0.15) is 10.7 Å². The molecule has 4 rings (SSSR count). The van der Waals surface area contributed by atoms with Gasteiger partial charge in [-0.1, -0.05) is 43.7 Å². The minimum Gasteiger partial charge on any atom is -0.309 e. The van der Waals surface area contributed by atoms with Crippen LogP contribution in [0.2, 0.25) is 0 Å². The van der Waals surface area contributed by atoms with Gasteiger partial charge in [0.15, 0.2) is 0 Å². The highest BCUT2D eigenvalue weighted by Gasteiger charge is 2.24. The predicted molar refractivity (Wildman–Crippen MR) is 117 cm³/mol. The number of aromatic nitrogens is 2. The maximum atomic E-state index is 12.9. The molecular weight excluding hydrogens is 366 g/mol. The zero-order valence-electron chi connectivity index (χ0n) is 17.1. The molecule has 2 N–H and O–H groups in total. The fourth-order valence-electron chi connectivity index (χ4n) is 4.20. The number of aromatic amines is 1. The molecule has 0 saturated carbocycles. The summed E-state index contributed by atoms with van der Waals surface area (Å²) >= 11 is 1.71. The maximum Gasteiger partial charge on any atom is 0.259 e. The fourth-order valence-corrected chi connectivity index (χ4v) is 5.59. The Kier molecular flexibility index (Phi) is 5.39. The second-order valence-electron chi connectivity index (χ2n) is 8.24. The summed E-state index contributed by atoms with van der Waals surface area (Å²) in [6.07, 6.45) is 4.21. The molecule has 0 radical (unpaired) electrons. The van der Waals surface area contributed by atoms with Gasteiger partial charge in [-0.3, -0.25) is 4.79 Å². The Morgan fingerprint density at radius 3 is 2.79 bits per heavy atom. The van der Waals surface area contributed by atoms with Crippen molar-refractivity contribution in [3.05, 3.63) is 62.0 Å². The molecule has 28 heavy (non-hydrogen) atoms. The smallest absolute Gasteiger partial charge is 0.259 e. The lowest BCUT2D eigenvalue weighted by molar-refractivity contribution is 0.443. The van der Waals surface area contributed by atoms with Gasteiger partial charge in [0.05, 0.1) is 11.4 Å². The number of fused-ring (bicyclic) bond motifs is 3. The number of thiophene rings is 1. The molecule has 0 unspecified atom stereocenters. The fraction of sp³-hybridized carbons (Fsp3) is 0.478. The number of benzene rings is 1. The highest BCUT2D eigenvalue weighted by Crippen LogP contribution is 2.36. The molecule has 0 spiro atoms. The summed E-state index contributed by atoms with van der Waals surface area (Å²) in [4.78, 5) is 23.0. The number of nitrogens with one attached hydrogen (secondary N) is 2. The first-order valence-electron chi connectivity index (χ1n) is 10.3. The number of nitrogens with zero attached hydrogens (tertiary/aromatic N) is 1. The van der Waals surface area contributed by atoms with E-state index in [4.69, 9.17) is 4.98 Å². The Hall–Kier alpha value is -1.98. The van der Waals surface area contributed by atoms with E-state index in [2.05, 4.69) is 62.3 Å². The van der Waals surface area contributed by atoms with Crippen molar-refractivity contribution in [2.24, 2.45) is 5.92 Å². The summed E-state index contributed by atoms with van der Waals surface area (Å²) in [7, 11) is 0. The molecule has 3 aromatic rings. The van der Waals surface area contributed by atoms with Crippen molar-refractivity contribution in [1.82, 2.24) is 15.3 Å². The Balaban J connectivity index is 1.63. The van der Waals surface area contributed by atoms with Gasteiger partial charge in [0.2, 0.25) is 0 Å². The molecule has 148 valence electrons. The minimum atomic E-state index is -0.0265. The molecule has 4 nitrogen and oxygen atoms in total. The monoisotopic (exact) mass is 395 g/mol. The van der Waals surface area contributed by atoms with Crippen molar-refractivity contribution in [3.8, 4) is 0 Å². The van der Waals surface area contributed by atoms with Crippen LogP contribution < -0.4 is 10.9 Å². The van der Waals surface area contributed by atoms with Crippen molar-refractivity contribution in [3.63, 3.8) is 0 Å². The molecule has 1 aliphatic carbocycles. The van der Waals surface area contributed by atoms with E-state index in [1.165, 1.54) is 21.6 Å². The van der Waals surface area contributed by atoms with Crippen LogP contribution in [0.25, 0.3) is 10.2 Å². The third-order valence-electron chi connectivity index (χ3n) is 5.93. The van der Waals surface area contributed by atoms with Crippen LogP contribution in [0.1, 0.15) is 73.1 Å². The second kappa shape index (κ2) is 7.80. The lowest BCUT2D eigenvalue weighted by Crippen LogP contribution is -2.27. The van der Waals surface area contributed by atoms with Crippen LogP contribution in [0.4, 0.5) is 0 Å². The summed E-state index contributed by atoms with van der Waals surface area (Å²) in [5.41, 5.74) is 3.79. The van der Waals surface area contributed by atoms with E-state index in [9.17, 15) is 4.79 Å². The Bertz CT molecular complexity index is 1030. The van der Waals surface area contributed by atoms with E-state index in [0.717, 1.165) is 41.7 Å². The first kappa shape index (κ1) is 19.3. The molecule has 0 bridgehead atoms. The van der Waals surface area contributed by atoms with Gasteiger partial charge in [-0.15, -0.1) is 11.3 Å². The van der Waals surface area contributed by atoms with Gasteiger partial charge < -0.3 is 10.3 Å². The van der Waals surface area contributed by atoms with Crippen LogP contribution in [0.15, 0.2) is 29.1 Å². The first-order chi connectivity index (χ1) is 13.5. The summed E-state index contributed by atoms with van der Waals surface area (Å²) in [6.45, 7) is 8.65. The second-order valence-corrected chi connectivity index (χ2v) is 9.33. The zero-order valence-corrected chi connectivity index (χ0v) is 18.0. The summed E-state index contributed by atoms with van der Waals surface area (Å²) in [6, 6.07) is 8.85. The summed E-state index contributed by atoms with van der Waals surface area (Å²) in [5.74, 6) is 1.43. The van der Waals surface area contributed by atoms with Gasteiger partial charge in [-0.2, -0.15) is 0 Å². The van der Waals surface area contributed by atoms with Crippen molar-refractivity contribution in [2.45, 2.75) is 65.5 Å². The van der Waals surface area contributed by atoms with Crippen LogP contribution in [0, 0.1) is 12.8 Å². The molecule has 3 atom stereocenters. The van der Waals surface area contributed by atoms with E-state index in [1.807, 2.05) is 0 Å². The molecule has 2 heterocycles. The van der Waals surface area contributed by atoms with Crippen LogP contribution in [-0.4, -0.2) is 9.97 Å². The highest BCUT2D eigenvalue weighted by atomic mass is 32.1. The number of hydrogen-bond donors (Lipinski definition) is 2. The van der Waals surface area contributed by atoms with Crippen molar-refractivity contribution < 1.29 is 0 Å². The molecule has 0 fully saturated rings. The van der Waals surface area contributed by atoms with E-state index in [1.54, 1.807) is 11.3 Å². The molecule has 1 aromatic carbocycles. The Morgan fingerprint density at radius 1 is 1.32 bits per heavy atom. The summed E-state index contributed by atoms with van der Waals surface area (Å²) < 4.78 is 0. The van der Waals surface area contributed by atoms with Gasteiger partial charge in [-0.25, -0.2) is 4.98 Å². The third-order valence-corrected chi connectivity index (χ3v) is 7.08. The molecule has 0 aliphatic heterocycles. The molecular formula is C23H29N3OS. The van der Waals surface area contributed by atoms with Crippen molar-refractivity contribution in [1.29, 1.82) is 0 Å². The number of aryl methyl sites for hydroxylation is 2. The van der Waals surface area contributed by atoms with E-state index < -0.39 is 0 Å². The average molecular weight is 396 g/mol. The number of H-pyrrole nitrogens is 1. The van der Waals surface area contributed by atoms with Crippen molar-refractivity contribution >= 4 is 21.6 Å². The summed E-state index contributed by atoms with van der Waals surface area (Å²) in [5, 5.41) is 4.48. The molecule has 2 aromatic heterocycles. The van der Waals surface area contributed by atoms with Crippen LogP contribution in [-0.2, 0) is 12.8 Å². The maximum absolute atomic E-state index is 12.9. The number of hydrogen-bond acceptors (Lipinski definition) is 4. The Labute approximate surface area is 170 Å². The standard InChI is InChI=1S/C23H29N3OS/c1-5-18(16-9-6-13(2)7-10-16)24-15(4)21-25-22(27)20-17-11-8-14(3)12-19(17)28-23(20)26-21/h6-7,9-10,14-15,18,24H,5,8,11-12H2,1-4H3,(H,25,26,27)/t14-,15+,18-/m1/s1. The SMILES string of the molecule is CC[C@@H](N[C@@H](C)c1nc2sc3c(c2c(=O)[nH]1)CC[C@@H](C)C3)c1ccc(C)cc1. The van der Waals surface area contributed by atoms with Gasteiger partial charge in [-0.05, 0) is 56.6 Å². The molecule has 0 saturated heterocycles. The molecule has 5 heteroatoms. The topological polar surface area (TPSA) is 57.8 Å². The highest BCUT2D eigenvalue weighted by molar-refractivity contribution is 7.18. The van der Waals surface area contributed by atoms with Gasteiger partial charge >= 0.3 is 0 Å². The quantitative estimate of drug-likeness (QED) is 0.623. The van der Waals surface area contributed by atoms with Crippen molar-refractivity contribution in [2.75, 3.05) is 0 Å². The minimum absolute atomic E-state index is 0.0177. The first-order valence-corrected chi connectivity index (χ1v) is 11.1. The average Bonchev–Trinajstić information content (AvgIpc) is 3.04. The predicted octanol–water partition coefficient (Wildman–Crippen LogP) is 5.22. The van der Waals surface area contributed by atoms with E-state index in [-0.39, 0.29) is 17.6 Å². The van der Waals surface area contributed by atoms with Crippen LogP contribution in [0.3, 0.4) is 0 Å². The lowest BCUT2D eigenvalue weighted by Gasteiger charge is -2.22.